The molecule has 0 aliphatic heterocycles. The number of benzene rings is 1. The Kier molecular flexibility index (Phi) is 3.18. The van der Waals surface area contributed by atoms with E-state index in [9.17, 15) is 13.7 Å². The number of rotatable bonds is 4. The molecule has 0 aliphatic rings. The predicted molar refractivity (Wildman–Crippen MR) is 48.0 cm³/mol. The molecule has 1 aromatic rings. The lowest BCUT2D eigenvalue weighted by Gasteiger charge is -2.11. The summed E-state index contributed by atoms with van der Waals surface area (Å²) in [5.74, 6) is -0.0178. The van der Waals surface area contributed by atoms with Gasteiger partial charge in [-0.1, -0.05) is 0 Å². The van der Waals surface area contributed by atoms with Gasteiger partial charge in [0.15, 0.2) is 7.11 Å². The molecule has 1 aromatic carbocycles. The highest BCUT2D eigenvalue weighted by Crippen LogP contribution is 2.23. The minimum absolute atomic E-state index is 0.0178. The second-order valence-corrected chi connectivity index (χ2v) is 2.84. The van der Waals surface area contributed by atoms with Crippen LogP contribution in [-0.4, -0.2) is 18.1 Å². The van der Waals surface area contributed by atoms with Crippen molar-refractivity contribution in [2.45, 2.75) is 13.0 Å². The fourth-order valence-electron chi connectivity index (χ4n) is 0.948. The van der Waals surface area contributed by atoms with Crippen LogP contribution >= 0.6 is 0 Å². The zero-order chi connectivity index (χ0) is 11.5. The third kappa shape index (κ3) is 3.49. The highest BCUT2D eigenvalue weighted by atomic mass is 19.3. The van der Waals surface area contributed by atoms with E-state index in [-0.39, 0.29) is 16.4 Å². The molecule has 0 amide bonds. The summed E-state index contributed by atoms with van der Waals surface area (Å²) in [6.45, 7) is 0.635. The van der Waals surface area contributed by atoms with Crippen molar-refractivity contribution in [1.82, 2.24) is 0 Å². The minimum Gasteiger partial charge on any atom is -0.433 e. The van der Waals surface area contributed by atoms with Crippen LogP contribution in [0.2, 0.25) is 0 Å². The van der Waals surface area contributed by atoms with Crippen LogP contribution in [0.25, 0.3) is 0 Å². The largest absolute Gasteiger partial charge is 0.433 e. The molecule has 1 rings (SSSR count). The molecule has 0 N–H and O–H groups in total. The second-order valence-electron chi connectivity index (χ2n) is 2.84. The topological polar surface area (TPSA) is 38.5 Å². The van der Waals surface area contributed by atoms with Crippen LogP contribution in [0.15, 0.2) is 24.3 Å². The Morgan fingerprint density at radius 1 is 1.27 bits per heavy atom. The van der Waals surface area contributed by atoms with Gasteiger partial charge in [-0.2, -0.15) is 8.78 Å². The Bertz CT molecular complexity index is 345. The molecule has 4 nitrogen and oxygen atoms in total. The Balaban J connectivity index is 2.77. The first-order valence-corrected chi connectivity index (χ1v) is 4.10. The second kappa shape index (κ2) is 4.20. The molecule has 0 unspecified atom stereocenters. The van der Waals surface area contributed by atoms with Gasteiger partial charge < -0.3 is 4.74 Å². The van der Waals surface area contributed by atoms with E-state index in [0.29, 0.717) is 6.92 Å². The van der Waals surface area contributed by atoms with Gasteiger partial charge in [0.05, 0.1) is 4.91 Å². The van der Waals surface area contributed by atoms with Crippen LogP contribution in [0.3, 0.4) is 0 Å². The van der Waals surface area contributed by atoms with Gasteiger partial charge in [0.1, 0.15) is 5.75 Å². The molecule has 0 bridgehead atoms. The number of nitrogens with zero attached hydrogens (tertiary/aromatic N) is 1. The predicted octanol–water partition coefficient (Wildman–Crippen LogP) is 2.65. The Morgan fingerprint density at radius 2 is 1.80 bits per heavy atom. The summed E-state index contributed by atoms with van der Waals surface area (Å²) < 4.78 is 29.1. The van der Waals surface area contributed by atoms with Gasteiger partial charge in [-0.25, -0.2) is 4.84 Å². The maximum Gasteiger partial charge on any atom is 0.394 e. The molecule has 0 aliphatic carbocycles. The van der Waals surface area contributed by atoms with Gasteiger partial charge in [-0.3, -0.25) is 0 Å². The SMILES string of the molecule is CO[N+](=O)c1ccc(OC(C)(F)F)cc1. The molecule has 0 radical (unpaired) electrons. The Morgan fingerprint density at radius 3 is 2.20 bits per heavy atom. The standard InChI is InChI=1S/C9H10F2NO3/c1-9(10,11)15-8-5-3-7(4-6-8)12(13)14-2/h3-6H,1-2H3/q+1. The average molecular weight is 218 g/mol. The fraction of sp³-hybridized carbons (Fsp3) is 0.333. The van der Waals surface area contributed by atoms with Crippen molar-refractivity contribution in [3.05, 3.63) is 29.2 Å². The van der Waals surface area contributed by atoms with E-state index in [2.05, 4.69) is 9.57 Å². The molecule has 0 spiro atoms. The van der Waals surface area contributed by atoms with Crippen LogP contribution in [0.5, 0.6) is 5.75 Å². The number of alkyl halides is 2. The van der Waals surface area contributed by atoms with E-state index >= 15 is 0 Å². The summed E-state index contributed by atoms with van der Waals surface area (Å²) in [5, 5.41) is 0. The third-order valence-electron chi connectivity index (χ3n) is 1.51. The molecule has 15 heavy (non-hydrogen) atoms. The zero-order valence-corrected chi connectivity index (χ0v) is 8.24. The van der Waals surface area contributed by atoms with Crippen LogP contribution in [0, 0.1) is 4.91 Å². The summed E-state index contributed by atoms with van der Waals surface area (Å²) in [6.07, 6.45) is -3.24. The van der Waals surface area contributed by atoms with E-state index in [1.165, 1.54) is 31.4 Å². The van der Waals surface area contributed by atoms with E-state index < -0.39 is 6.11 Å². The zero-order valence-electron chi connectivity index (χ0n) is 8.24. The molecule has 0 saturated carbocycles. The summed E-state index contributed by atoms with van der Waals surface area (Å²) in [5.41, 5.74) is 0.198. The van der Waals surface area contributed by atoms with Crippen LogP contribution in [-0.2, 0) is 4.84 Å². The van der Waals surface area contributed by atoms with E-state index in [4.69, 9.17) is 0 Å². The van der Waals surface area contributed by atoms with Gasteiger partial charge in [0.25, 0.3) is 4.92 Å². The summed E-state index contributed by atoms with van der Waals surface area (Å²) in [7, 11) is 1.21. The van der Waals surface area contributed by atoms with E-state index in [1.54, 1.807) is 0 Å². The first-order chi connectivity index (χ1) is 6.92. The van der Waals surface area contributed by atoms with Gasteiger partial charge >= 0.3 is 11.8 Å². The quantitative estimate of drug-likeness (QED) is 0.729. The molecule has 82 valence electrons. The highest BCUT2D eigenvalue weighted by Gasteiger charge is 2.23. The summed E-state index contributed by atoms with van der Waals surface area (Å²) in [4.78, 5) is 15.5. The van der Waals surface area contributed by atoms with E-state index in [0.717, 1.165) is 0 Å². The molecule has 0 fully saturated rings. The highest BCUT2D eigenvalue weighted by molar-refractivity contribution is 5.35. The first kappa shape index (κ1) is 11.4. The van der Waals surface area contributed by atoms with Crippen LogP contribution in [0.4, 0.5) is 14.5 Å². The lowest BCUT2D eigenvalue weighted by atomic mass is 10.3. The lowest BCUT2D eigenvalue weighted by Crippen LogP contribution is -2.18. The maximum absolute atomic E-state index is 12.4. The van der Waals surface area contributed by atoms with Crippen molar-refractivity contribution < 1.29 is 23.3 Å². The molecular formula is C9H10F2NO3+. The van der Waals surface area contributed by atoms with Crippen molar-refractivity contribution in [3.8, 4) is 5.75 Å². The minimum atomic E-state index is -3.24. The Hall–Kier alpha value is -1.72. The normalized spacial score (nSPS) is 10.9. The molecular weight excluding hydrogens is 208 g/mol. The van der Waals surface area contributed by atoms with Crippen molar-refractivity contribution in [1.29, 1.82) is 0 Å². The van der Waals surface area contributed by atoms with Gasteiger partial charge in [-0.15, -0.1) is 0 Å². The average Bonchev–Trinajstić information content (AvgIpc) is 2.15. The van der Waals surface area contributed by atoms with Crippen LogP contribution < -0.4 is 4.74 Å². The third-order valence-corrected chi connectivity index (χ3v) is 1.51. The van der Waals surface area contributed by atoms with Crippen LogP contribution in [0.1, 0.15) is 6.92 Å². The fourth-order valence-corrected chi connectivity index (χ4v) is 0.948. The first-order valence-electron chi connectivity index (χ1n) is 4.10. The van der Waals surface area contributed by atoms with Gasteiger partial charge in [-0.05, 0) is 12.1 Å². The number of hydrogen-bond donors (Lipinski definition) is 0. The number of halogens is 2. The monoisotopic (exact) mass is 218 g/mol. The number of ether oxygens (including phenoxy) is 1. The van der Waals surface area contributed by atoms with Crippen molar-refractivity contribution in [2.75, 3.05) is 7.11 Å². The maximum atomic E-state index is 12.4. The smallest absolute Gasteiger partial charge is 0.394 e. The van der Waals surface area contributed by atoms with Crippen molar-refractivity contribution >= 4 is 5.69 Å². The number of hydrogen-bond acceptors (Lipinski definition) is 3. The van der Waals surface area contributed by atoms with Gasteiger partial charge in [0, 0.05) is 19.1 Å². The Labute approximate surface area is 84.9 Å². The van der Waals surface area contributed by atoms with E-state index in [1.807, 2.05) is 0 Å². The van der Waals surface area contributed by atoms with Crippen molar-refractivity contribution in [3.63, 3.8) is 0 Å². The summed E-state index contributed by atoms with van der Waals surface area (Å²) >= 11 is 0. The molecule has 0 atom stereocenters. The van der Waals surface area contributed by atoms with Crippen molar-refractivity contribution in [2.24, 2.45) is 0 Å². The molecule has 0 saturated heterocycles. The molecule has 0 aromatic heterocycles. The van der Waals surface area contributed by atoms with Gasteiger partial charge in [0.2, 0.25) is 0 Å². The molecule has 0 heterocycles. The molecule has 6 heteroatoms. The lowest BCUT2D eigenvalue weighted by molar-refractivity contribution is -0.736. The summed E-state index contributed by atoms with van der Waals surface area (Å²) in [6, 6.07) is 5.16.